The molecular weight excluding hydrogens is 137 g/mol. The molecule has 0 aromatic carbocycles. The third-order valence-electron chi connectivity index (χ3n) is 0.207. The van der Waals surface area contributed by atoms with Crippen molar-refractivity contribution < 1.29 is 0 Å². The van der Waals surface area contributed by atoms with E-state index in [9.17, 15) is 0 Å². The highest BCUT2D eigenvalue weighted by Gasteiger charge is 1.73. The molecule has 0 saturated carbocycles. The van der Waals surface area contributed by atoms with E-state index in [1.165, 1.54) is 0 Å². The lowest BCUT2D eigenvalue weighted by Gasteiger charge is -1.68. The Morgan fingerprint density at radius 1 is 1.71 bits per heavy atom. The first-order valence-corrected chi connectivity index (χ1v) is 2.08. The Kier molecular flexibility index (Phi) is 3.61. The van der Waals surface area contributed by atoms with Gasteiger partial charge in [-0.15, -0.1) is 0 Å². The van der Waals surface area contributed by atoms with Crippen LogP contribution in [-0.4, -0.2) is 0 Å². The normalized spacial score (nSPS) is 6.57. The highest BCUT2D eigenvalue weighted by molar-refractivity contribution is 6.55. The molecule has 0 unspecified atom stereocenters. The zero-order chi connectivity index (χ0) is 5.70. The van der Waals surface area contributed by atoms with E-state index in [2.05, 4.69) is 10.0 Å². The van der Waals surface area contributed by atoms with Crippen LogP contribution >= 0.6 is 23.2 Å². The fourth-order valence-corrected chi connectivity index (χ4v) is 0.157. The van der Waals surface area contributed by atoms with Crippen LogP contribution in [0.25, 0.3) is 10.4 Å². The van der Waals surface area contributed by atoms with Gasteiger partial charge in [-0.25, -0.2) is 0 Å². The van der Waals surface area contributed by atoms with Gasteiger partial charge in [0.15, 0.2) is 0 Å². The van der Waals surface area contributed by atoms with Crippen molar-refractivity contribution in [1.82, 2.24) is 0 Å². The first-order valence-electron chi connectivity index (χ1n) is 1.32. The van der Waals surface area contributed by atoms with E-state index in [1.54, 1.807) is 0 Å². The van der Waals surface area contributed by atoms with Gasteiger partial charge >= 0.3 is 0 Å². The molecule has 0 fully saturated rings. The second kappa shape index (κ2) is 3.81. The summed E-state index contributed by atoms with van der Waals surface area (Å²) in [5.41, 5.74) is 7.61. The van der Waals surface area contributed by atoms with Crippen molar-refractivity contribution in [2.24, 2.45) is 5.11 Å². The van der Waals surface area contributed by atoms with Crippen molar-refractivity contribution in [3.8, 4) is 0 Å². The van der Waals surface area contributed by atoms with E-state index < -0.39 is 0 Å². The highest BCUT2D eigenvalue weighted by atomic mass is 35.5. The fraction of sp³-hybridized carbons (Fsp3) is 0. The number of halogens is 2. The molecule has 0 saturated heterocycles. The summed E-state index contributed by atoms with van der Waals surface area (Å²) in [6.07, 6.45) is 1.00. The molecular formula is C2HCl2N3. The minimum Gasteiger partial charge on any atom is -0.0711 e. The van der Waals surface area contributed by atoms with Crippen molar-refractivity contribution in [2.45, 2.75) is 0 Å². The number of rotatable bonds is 1. The third-order valence-corrected chi connectivity index (χ3v) is 0.402. The van der Waals surface area contributed by atoms with E-state index in [-0.39, 0.29) is 4.49 Å². The van der Waals surface area contributed by atoms with Crippen LogP contribution in [0.2, 0.25) is 0 Å². The Hall–Kier alpha value is -0.370. The molecule has 0 aliphatic rings. The molecule has 0 spiro atoms. The third kappa shape index (κ3) is 5.63. The minimum atomic E-state index is -0.0437. The van der Waals surface area contributed by atoms with E-state index in [4.69, 9.17) is 28.7 Å². The zero-order valence-electron chi connectivity index (χ0n) is 3.17. The Morgan fingerprint density at radius 3 is 2.43 bits per heavy atom. The standard InChI is InChI=1S/C2HCl2N3/c3-2(4)1-6-7-5/h1H. The Balaban J connectivity index is 3.69. The number of hydrogen-bond donors (Lipinski definition) is 0. The quantitative estimate of drug-likeness (QED) is 0.303. The predicted octanol–water partition coefficient (Wildman–Crippen LogP) is 2.57. The molecule has 3 nitrogen and oxygen atoms in total. The summed E-state index contributed by atoms with van der Waals surface area (Å²) in [5, 5.41) is 2.93. The first-order chi connectivity index (χ1) is 3.27. The van der Waals surface area contributed by atoms with Crippen molar-refractivity contribution in [3.05, 3.63) is 21.1 Å². The molecule has 0 atom stereocenters. The molecule has 0 bridgehead atoms. The van der Waals surface area contributed by atoms with E-state index in [0.717, 1.165) is 6.20 Å². The molecule has 0 aliphatic carbocycles. The summed E-state index contributed by atoms with van der Waals surface area (Å²) >= 11 is 10.0. The van der Waals surface area contributed by atoms with Gasteiger partial charge in [0.25, 0.3) is 0 Å². The van der Waals surface area contributed by atoms with Crippen LogP contribution in [0.4, 0.5) is 0 Å². The van der Waals surface area contributed by atoms with Gasteiger partial charge < -0.3 is 0 Å². The van der Waals surface area contributed by atoms with Crippen LogP contribution in [-0.2, 0) is 0 Å². The molecule has 5 heteroatoms. The fourth-order valence-electron chi connectivity index (χ4n) is 0.0695. The molecule has 0 heterocycles. The van der Waals surface area contributed by atoms with Gasteiger partial charge in [-0.3, -0.25) is 0 Å². The molecule has 7 heavy (non-hydrogen) atoms. The maximum atomic E-state index is 7.61. The van der Waals surface area contributed by atoms with Gasteiger partial charge in [0, 0.05) is 11.1 Å². The molecule has 0 aromatic rings. The maximum Gasteiger partial charge on any atom is 0.109 e. The number of azide groups is 1. The summed E-state index contributed by atoms with van der Waals surface area (Å²) in [5.74, 6) is 0. The SMILES string of the molecule is [N-]=[N+]=NC=C(Cl)Cl. The van der Waals surface area contributed by atoms with Gasteiger partial charge in [-0.1, -0.05) is 28.3 Å². The Bertz CT molecular complexity index is 119. The summed E-state index contributed by atoms with van der Waals surface area (Å²) < 4.78 is -0.0437. The monoisotopic (exact) mass is 137 g/mol. The summed E-state index contributed by atoms with van der Waals surface area (Å²) in [6.45, 7) is 0. The Labute approximate surface area is 50.2 Å². The highest BCUT2D eigenvalue weighted by Crippen LogP contribution is 2.04. The molecule has 0 N–H and O–H groups in total. The van der Waals surface area contributed by atoms with E-state index in [0.29, 0.717) is 0 Å². The molecule has 0 radical (unpaired) electrons. The van der Waals surface area contributed by atoms with Gasteiger partial charge in [-0.2, -0.15) is 0 Å². The Morgan fingerprint density at radius 2 is 2.29 bits per heavy atom. The lowest BCUT2D eigenvalue weighted by molar-refractivity contribution is 1.51. The molecule has 38 valence electrons. The number of nitrogens with zero attached hydrogens (tertiary/aromatic N) is 3. The average molecular weight is 138 g/mol. The van der Waals surface area contributed by atoms with Crippen LogP contribution < -0.4 is 0 Å². The summed E-state index contributed by atoms with van der Waals surface area (Å²) in [4.78, 5) is 2.36. The molecule has 0 aromatic heterocycles. The molecule has 0 aliphatic heterocycles. The summed E-state index contributed by atoms with van der Waals surface area (Å²) in [6, 6.07) is 0. The molecule has 0 rings (SSSR count). The molecule has 0 amide bonds. The van der Waals surface area contributed by atoms with Crippen LogP contribution in [0, 0.1) is 0 Å². The van der Waals surface area contributed by atoms with Crippen molar-refractivity contribution >= 4 is 23.2 Å². The van der Waals surface area contributed by atoms with Crippen LogP contribution in [0.1, 0.15) is 0 Å². The maximum absolute atomic E-state index is 7.61. The summed E-state index contributed by atoms with van der Waals surface area (Å²) in [7, 11) is 0. The van der Waals surface area contributed by atoms with Crippen LogP contribution in [0.3, 0.4) is 0 Å². The second-order valence-corrected chi connectivity index (χ2v) is 1.63. The van der Waals surface area contributed by atoms with Gasteiger partial charge in [0.1, 0.15) is 4.49 Å². The van der Waals surface area contributed by atoms with Crippen LogP contribution in [0.5, 0.6) is 0 Å². The van der Waals surface area contributed by atoms with E-state index >= 15 is 0 Å². The van der Waals surface area contributed by atoms with Crippen molar-refractivity contribution in [2.75, 3.05) is 0 Å². The van der Waals surface area contributed by atoms with Crippen LogP contribution in [0.15, 0.2) is 15.8 Å². The number of hydrogen-bond acceptors (Lipinski definition) is 1. The van der Waals surface area contributed by atoms with E-state index in [1.807, 2.05) is 0 Å². The zero-order valence-corrected chi connectivity index (χ0v) is 4.69. The van der Waals surface area contributed by atoms with Crippen molar-refractivity contribution in [1.29, 1.82) is 0 Å². The first kappa shape index (κ1) is 6.63. The smallest absolute Gasteiger partial charge is 0.0711 e. The lowest BCUT2D eigenvalue weighted by atomic mass is 11.1. The minimum absolute atomic E-state index is 0.0437. The second-order valence-electron chi connectivity index (χ2n) is 0.624. The van der Waals surface area contributed by atoms with Gasteiger partial charge in [-0.05, 0) is 5.53 Å². The lowest BCUT2D eigenvalue weighted by Crippen LogP contribution is -1.43. The average Bonchev–Trinajstić information content (AvgIpc) is 1.61. The van der Waals surface area contributed by atoms with Gasteiger partial charge in [0.2, 0.25) is 0 Å². The predicted molar refractivity (Wildman–Crippen MR) is 28.9 cm³/mol. The van der Waals surface area contributed by atoms with Crippen molar-refractivity contribution in [3.63, 3.8) is 0 Å². The van der Waals surface area contributed by atoms with Gasteiger partial charge in [0.05, 0.1) is 0 Å². The topological polar surface area (TPSA) is 48.8 Å². The largest absolute Gasteiger partial charge is 0.109 e.